The Morgan fingerprint density at radius 1 is 1.15 bits per heavy atom. The molecule has 9 nitrogen and oxygen atoms in total. The van der Waals surface area contributed by atoms with Crippen molar-refractivity contribution in [1.29, 1.82) is 0 Å². The number of aryl methyl sites for hydroxylation is 1. The lowest BCUT2D eigenvalue weighted by Gasteiger charge is -2.16. The molecule has 0 radical (unpaired) electrons. The summed E-state index contributed by atoms with van der Waals surface area (Å²) in [6.45, 7) is 0.688. The van der Waals surface area contributed by atoms with E-state index in [4.69, 9.17) is 9.72 Å². The highest BCUT2D eigenvalue weighted by Crippen LogP contribution is 2.26. The highest BCUT2D eigenvalue weighted by Gasteiger charge is 2.17. The number of carbonyl (C=O) groups excluding carboxylic acids is 2. The maximum atomic E-state index is 13.0. The number of esters is 1. The molecule has 10 heteroatoms. The molecule has 0 unspecified atom stereocenters. The van der Waals surface area contributed by atoms with Crippen molar-refractivity contribution in [2.75, 3.05) is 12.4 Å². The quantitative estimate of drug-likeness (QED) is 0.429. The first-order valence-electron chi connectivity index (χ1n) is 11.1. The van der Waals surface area contributed by atoms with E-state index in [-0.39, 0.29) is 11.5 Å². The van der Waals surface area contributed by atoms with Gasteiger partial charge in [-0.1, -0.05) is 12.8 Å². The van der Waals surface area contributed by atoms with Crippen LogP contribution >= 0.6 is 11.3 Å². The van der Waals surface area contributed by atoms with Crippen LogP contribution in [0.5, 0.6) is 0 Å². The number of hydrogen-bond donors (Lipinski definition) is 2. The highest BCUT2D eigenvalue weighted by atomic mass is 32.1. The first-order valence-corrected chi connectivity index (χ1v) is 12.0. The molecule has 0 atom stereocenters. The van der Waals surface area contributed by atoms with Crippen molar-refractivity contribution in [3.8, 4) is 11.3 Å². The van der Waals surface area contributed by atoms with Gasteiger partial charge in [0.05, 0.1) is 23.7 Å². The second-order valence-electron chi connectivity index (χ2n) is 8.17. The third-order valence-electron chi connectivity index (χ3n) is 5.94. The Morgan fingerprint density at radius 2 is 2.00 bits per heavy atom. The van der Waals surface area contributed by atoms with Crippen LogP contribution in [0.2, 0.25) is 0 Å². The normalized spacial score (nSPS) is 13.7. The summed E-state index contributed by atoms with van der Waals surface area (Å²) >= 11 is 1.28. The third-order valence-corrected chi connectivity index (χ3v) is 6.70. The van der Waals surface area contributed by atoms with Crippen LogP contribution in [-0.2, 0) is 17.7 Å². The fourth-order valence-corrected chi connectivity index (χ4v) is 4.85. The number of benzene rings is 1. The number of nitrogens with one attached hydrogen (secondary N) is 2. The van der Waals surface area contributed by atoms with Crippen molar-refractivity contribution >= 4 is 39.2 Å². The van der Waals surface area contributed by atoms with E-state index in [0.717, 1.165) is 37.9 Å². The Balaban J connectivity index is 1.38. The van der Waals surface area contributed by atoms with Gasteiger partial charge in [0.1, 0.15) is 11.5 Å². The minimum atomic E-state index is -0.466. The molecule has 1 amide bonds. The molecule has 3 aromatic heterocycles. The molecule has 34 heavy (non-hydrogen) atoms. The fourth-order valence-electron chi connectivity index (χ4n) is 4.14. The minimum Gasteiger partial charge on any atom is -0.464 e. The summed E-state index contributed by atoms with van der Waals surface area (Å²) in [7, 11) is 1.32. The number of hydrogen-bond acceptors (Lipinski definition) is 7. The Labute approximate surface area is 198 Å². The van der Waals surface area contributed by atoms with Crippen LogP contribution in [0, 0.1) is 0 Å². The number of nitrogens with zero attached hydrogens (tertiary/aromatic N) is 3. The molecule has 0 fully saturated rings. The number of fused-ring (bicyclic) bond motifs is 2. The standard InChI is InChI=1S/C24H23N5O4S/c1-33-23(32)18-11-15(12-25-18)19-13-34-24(27-19)28-21(30)14-7-8-16-17(10-14)26-20-6-4-2-3-5-9-29(20)22(16)31/h7-8,10-13,25H,2-6,9H2,1H3,(H,27,28,30). The van der Waals surface area contributed by atoms with Crippen LogP contribution in [0.3, 0.4) is 0 Å². The predicted molar refractivity (Wildman–Crippen MR) is 129 cm³/mol. The molecule has 0 spiro atoms. The maximum absolute atomic E-state index is 13.0. The van der Waals surface area contributed by atoms with E-state index in [0.29, 0.717) is 45.1 Å². The Hall–Kier alpha value is -3.79. The zero-order chi connectivity index (χ0) is 23.7. The molecule has 1 aliphatic rings. The van der Waals surface area contributed by atoms with Crippen LogP contribution in [0.25, 0.3) is 22.2 Å². The van der Waals surface area contributed by atoms with E-state index in [9.17, 15) is 14.4 Å². The molecule has 174 valence electrons. The summed E-state index contributed by atoms with van der Waals surface area (Å²) in [5, 5.41) is 5.54. The fraction of sp³-hybridized carbons (Fsp3) is 0.292. The molecule has 4 heterocycles. The molecule has 2 N–H and O–H groups in total. The number of rotatable bonds is 4. The minimum absolute atomic E-state index is 0.0451. The van der Waals surface area contributed by atoms with Crippen LogP contribution in [0.1, 0.15) is 52.4 Å². The van der Waals surface area contributed by atoms with Gasteiger partial charge in [0, 0.05) is 35.7 Å². The van der Waals surface area contributed by atoms with Crippen LogP contribution in [0.4, 0.5) is 5.13 Å². The molecule has 0 bridgehead atoms. The zero-order valence-corrected chi connectivity index (χ0v) is 19.4. The van der Waals surface area contributed by atoms with Crippen molar-refractivity contribution in [2.45, 2.75) is 38.6 Å². The van der Waals surface area contributed by atoms with E-state index in [1.165, 1.54) is 18.4 Å². The Kier molecular flexibility index (Phi) is 5.97. The number of methoxy groups -OCH3 is 1. The van der Waals surface area contributed by atoms with E-state index >= 15 is 0 Å². The van der Waals surface area contributed by atoms with Crippen molar-refractivity contribution in [3.63, 3.8) is 0 Å². The first-order chi connectivity index (χ1) is 16.5. The molecule has 1 aliphatic heterocycles. The lowest BCUT2D eigenvalue weighted by atomic mass is 10.1. The summed E-state index contributed by atoms with van der Waals surface area (Å²) < 4.78 is 6.48. The van der Waals surface area contributed by atoms with Crippen molar-refractivity contribution in [3.05, 3.63) is 63.3 Å². The van der Waals surface area contributed by atoms with E-state index < -0.39 is 5.97 Å². The second kappa shape index (κ2) is 9.22. The van der Waals surface area contributed by atoms with Gasteiger partial charge < -0.3 is 9.72 Å². The third kappa shape index (κ3) is 4.24. The summed E-state index contributed by atoms with van der Waals surface area (Å²) in [5.74, 6) is -0.00934. The molecular weight excluding hydrogens is 454 g/mol. The van der Waals surface area contributed by atoms with Crippen LogP contribution in [-0.4, -0.2) is 38.5 Å². The number of H-pyrrole nitrogens is 1. The van der Waals surface area contributed by atoms with Gasteiger partial charge in [-0.25, -0.2) is 14.8 Å². The van der Waals surface area contributed by atoms with Gasteiger partial charge in [0.15, 0.2) is 5.13 Å². The Bertz CT molecular complexity index is 1450. The van der Waals surface area contributed by atoms with Gasteiger partial charge in [-0.3, -0.25) is 19.5 Å². The van der Waals surface area contributed by atoms with Gasteiger partial charge in [-0.2, -0.15) is 0 Å². The monoisotopic (exact) mass is 477 g/mol. The number of anilines is 1. The smallest absolute Gasteiger partial charge is 0.354 e. The largest absolute Gasteiger partial charge is 0.464 e. The average Bonchev–Trinajstić information content (AvgIpc) is 3.49. The lowest BCUT2D eigenvalue weighted by Crippen LogP contribution is -2.26. The van der Waals surface area contributed by atoms with Crippen LogP contribution in [0.15, 0.2) is 40.6 Å². The summed E-state index contributed by atoms with van der Waals surface area (Å²) in [5.41, 5.74) is 2.55. The summed E-state index contributed by atoms with van der Waals surface area (Å²) in [6, 6.07) is 6.62. The van der Waals surface area contributed by atoms with E-state index in [2.05, 4.69) is 15.3 Å². The van der Waals surface area contributed by atoms with E-state index in [1.807, 2.05) is 0 Å². The molecular formula is C24H23N5O4S. The van der Waals surface area contributed by atoms with E-state index in [1.54, 1.807) is 40.4 Å². The van der Waals surface area contributed by atoms with Crippen molar-refractivity contribution in [1.82, 2.24) is 19.5 Å². The van der Waals surface area contributed by atoms with Crippen molar-refractivity contribution < 1.29 is 14.3 Å². The van der Waals surface area contributed by atoms with Gasteiger partial charge in [0.25, 0.3) is 11.5 Å². The first kappa shape index (κ1) is 22.0. The average molecular weight is 478 g/mol. The van der Waals surface area contributed by atoms with Crippen molar-refractivity contribution in [2.24, 2.45) is 0 Å². The number of amides is 1. The number of thiazole rings is 1. The van der Waals surface area contributed by atoms with Gasteiger partial charge in [0.2, 0.25) is 0 Å². The predicted octanol–water partition coefficient (Wildman–Crippen LogP) is 4.00. The van der Waals surface area contributed by atoms with Gasteiger partial charge in [-0.05, 0) is 37.1 Å². The molecule has 0 saturated heterocycles. The second-order valence-corrected chi connectivity index (χ2v) is 9.02. The maximum Gasteiger partial charge on any atom is 0.354 e. The van der Waals surface area contributed by atoms with Gasteiger partial charge >= 0.3 is 5.97 Å². The number of ether oxygens (including phenoxy) is 1. The topological polar surface area (TPSA) is 119 Å². The lowest BCUT2D eigenvalue weighted by molar-refractivity contribution is 0.0594. The summed E-state index contributed by atoms with van der Waals surface area (Å²) in [6.07, 6.45) is 6.67. The Morgan fingerprint density at radius 3 is 2.85 bits per heavy atom. The van der Waals surface area contributed by atoms with Crippen LogP contribution < -0.4 is 10.9 Å². The molecule has 0 aliphatic carbocycles. The molecule has 1 aromatic carbocycles. The number of aromatic amines is 1. The van der Waals surface area contributed by atoms with Gasteiger partial charge in [-0.15, -0.1) is 11.3 Å². The number of carbonyl (C=O) groups is 2. The molecule has 5 rings (SSSR count). The SMILES string of the molecule is COC(=O)c1cc(-c2csc(NC(=O)c3ccc4c(=O)n5c(nc4c3)CCCCCC5)n2)c[nH]1. The highest BCUT2D eigenvalue weighted by molar-refractivity contribution is 7.14. The zero-order valence-electron chi connectivity index (χ0n) is 18.6. The molecule has 0 saturated carbocycles. The summed E-state index contributed by atoms with van der Waals surface area (Å²) in [4.78, 5) is 49.5. The molecule has 4 aromatic rings. The number of aromatic nitrogens is 4.